The maximum absolute atomic E-state index is 16.2. The van der Waals surface area contributed by atoms with Gasteiger partial charge in [0.05, 0.1) is 48.1 Å². The number of hydrogen-bond donors (Lipinski definition) is 2. The van der Waals surface area contributed by atoms with Crippen molar-refractivity contribution in [1.82, 2.24) is 25.3 Å². The summed E-state index contributed by atoms with van der Waals surface area (Å²) in [4.78, 5) is 34.8. The molecule has 0 radical (unpaired) electrons. The van der Waals surface area contributed by atoms with Crippen molar-refractivity contribution < 1.29 is 23.5 Å². The number of Topliss-reactive ketones (excluding diaryl/α,β-unsaturated/α-hetero) is 1. The van der Waals surface area contributed by atoms with Gasteiger partial charge in [0.1, 0.15) is 6.17 Å². The fraction of sp³-hybridized carbons (Fsp3) is 0.886. The van der Waals surface area contributed by atoms with Crippen LogP contribution in [0.25, 0.3) is 0 Å². The summed E-state index contributed by atoms with van der Waals surface area (Å²) in [5, 5.41) is 6.63. The topological polar surface area (TPSA) is 86.4 Å². The Morgan fingerprint density at radius 2 is 1.76 bits per heavy atom. The van der Waals surface area contributed by atoms with Gasteiger partial charge in [-0.05, 0) is 96.2 Å². The number of carbonyl (C=O) groups excluding carboxylic acids is 2. The van der Waals surface area contributed by atoms with E-state index in [1.807, 2.05) is 6.20 Å². The SMILES string of the molecule is CC1CCCN1CCNC(=O)C1=CN2C3CC4OC5CCCCC5C4CC3OC3C(NCCN4CCCC4)C(F)CC(C1=O)C32. The Morgan fingerprint density at radius 3 is 2.58 bits per heavy atom. The van der Waals surface area contributed by atoms with E-state index >= 15 is 4.39 Å². The number of likely N-dealkylation sites (tertiary alicyclic amines) is 2. The molecule has 0 bridgehead atoms. The predicted molar refractivity (Wildman–Crippen MR) is 168 cm³/mol. The van der Waals surface area contributed by atoms with E-state index in [-0.39, 0.29) is 48.0 Å². The molecule has 45 heavy (non-hydrogen) atoms. The number of amides is 1. The van der Waals surface area contributed by atoms with Crippen LogP contribution in [0.2, 0.25) is 0 Å². The Bertz CT molecular complexity index is 1150. The third-order valence-corrected chi connectivity index (χ3v) is 13.1. The third kappa shape index (κ3) is 5.68. The highest BCUT2D eigenvalue weighted by molar-refractivity contribution is 6.20. The summed E-state index contributed by atoms with van der Waals surface area (Å²) >= 11 is 0. The number of ether oxygens (including phenoxy) is 2. The van der Waals surface area contributed by atoms with E-state index in [1.54, 1.807) is 0 Å². The Hall–Kier alpha value is -1.59. The third-order valence-electron chi connectivity index (χ3n) is 13.1. The number of morpholine rings is 1. The van der Waals surface area contributed by atoms with Gasteiger partial charge in [-0.2, -0.15) is 0 Å². The molecule has 3 saturated carbocycles. The first-order valence-electron chi connectivity index (χ1n) is 18.4. The lowest BCUT2D eigenvalue weighted by atomic mass is 9.67. The highest BCUT2D eigenvalue weighted by Crippen LogP contribution is 2.52. The van der Waals surface area contributed by atoms with E-state index in [4.69, 9.17) is 9.47 Å². The lowest BCUT2D eigenvalue weighted by Gasteiger charge is -2.60. The van der Waals surface area contributed by atoms with E-state index in [9.17, 15) is 9.59 Å². The molecule has 0 aromatic rings. The second-order valence-corrected chi connectivity index (χ2v) is 15.5. The molecule has 1 amide bonds. The largest absolute Gasteiger partial charge is 0.374 e. The molecule has 5 aliphatic heterocycles. The van der Waals surface area contributed by atoms with Crippen LogP contribution in [0.4, 0.5) is 4.39 Å². The summed E-state index contributed by atoms with van der Waals surface area (Å²) < 4.78 is 29.9. The van der Waals surface area contributed by atoms with Gasteiger partial charge in [-0.1, -0.05) is 12.8 Å². The van der Waals surface area contributed by atoms with Crippen molar-refractivity contribution in [1.29, 1.82) is 0 Å². The summed E-state index contributed by atoms with van der Waals surface area (Å²) in [6, 6.07) is -0.177. The number of carbonyl (C=O) groups is 2. The van der Waals surface area contributed by atoms with Crippen LogP contribution in [0, 0.1) is 17.8 Å². The second-order valence-electron chi connectivity index (χ2n) is 15.5. The Morgan fingerprint density at radius 1 is 0.911 bits per heavy atom. The fourth-order valence-electron chi connectivity index (χ4n) is 10.8. The quantitative estimate of drug-likeness (QED) is 0.398. The Labute approximate surface area is 268 Å². The zero-order valence-electron chi connectivity index (χ0n) is 27.1. The first-order valence-corrected chi connectivity index (χ1v) is 18.4. The zero-order valence-corrected chi connectivity index (χ0v) is 27.1. The minimum absolute atomic E-state index is 0.0258. The summed E-state index contributed by atoms with van der Waals surface area (Å²) in [6.45, 7) is 8.42. The van der Waals surface area contributed by atoms with Crippen LogP contribution < -0.4 is 10.6 Å². The van der Waals surface area contributed by atoms with Crippen molar-refractivity contribution in [2.24, 2.45) is 17.8 Å². The minimum atomic E-state index is -1.20. The Kier molecular flexibility index (Phi) is 8.73. The van der Waals surface area contributed by atoms with Gasteiger partial charge in [0.25, 0.3) is 5.91 Å². The average molecular weight is 628 g/mol. The van der Waals surface area contributed by atoms with Gasteiger partial charge in [0, 0.05) is 44.3 Å². The summed E-state index contributed by atoms with van der Waals surface area (Å²) in [7, 11) is 0. The lowest BCUT2D eigenvalue weighted by Crippen LogP contribution is -2.73. The van der Waals surface area contributed by atoms with Gasteiger partial charge in [0.2, 0.25) is 0 Å². The van der Waals surface area contributed by atoms with E-state index in [1.165, 1.54) is 44.9 Å². The number of hydrogen-bond acceptors (Lipinski definition) is 8. The second kappa shape index (κ2) is 12.8. The van der Waals surface area contributed by atoms with E-state index in [0.29, 0.717) is 37.1 Å². The highest BCUT2D eigenvalue weighted by atomic mass is 19.1. The molecule has 0 spiro atoms. The molecule has 3 aliphatic carbocycles. The van der Waals surface area contributed by atoms with Crippen LogP contribution in [-0.2, 0) is 19.1 Å². The number of alkyl halides is 1. The number of halogens is 1. The lowest BCUT2D eigenvalue weighted by molar-refractivity contribution is -0.209. The zero-order chi connectivity index (χ0) is 30.7. The van der Waals surface area contributed by atoms with Crippen molar-refractivity contribution in [3.05, 3.63) is 11.8 Å². The van der Waals surface area contributed by atoms with Crippen molar-refractivity contribution in [3.63, 3.8) is 0 Å². The van der Waals surface area contributed by atoms with Gasteiger partial charge in [-0.25, -0.2) is 4.39 Å². The van der Waals surface area contributed by atoms with E-state index in [2.05, 4.69) is 32.3 Å². The molecule has 4 saturated heterocycles. The maximum atomic E-state index is 16.2. The predicted octanol–water partition coefficient (Wildman–Crippen LogP) is 2.64. The summed E-state index contributed by atoms with van der Waals surface area (Å²) in [5.41, 5.74) is 0.195. The van der Waals surface area contributed by atoms with Crippen molar-refractivity contribution in [2.75, 3.05) is 45.8 Å². The van der Waals surface area contributed by atoms with Gasteiger partial charge in [-0.15, -0.1) is 0 Å². The maximum Gasteiger partial charge on any atom is 0.256 e. The molecular weight excluding hydrogens is 573 g/mol. The van der Waals surface area contributed by atoms with Crippen LogP contribution in [0.15, 0.2) is 11.8 Å². The van der Waals surface area contributed by atoms with Crippen LogP contribution in [-0.4, -0.2) is 127 Å². The molecular formula is C35H54FN5O4. The number of fused-ring (bicyclic) bond motifs is 5. The van der Waals surface area contributed by atoms with Gasteiger partial charge in [0.15, 0.2) is 5.78 Å². The van der Waals surface area contributed by atoms with Crippen molar-refractivity contribution >= 4 is 11.7 Å². The number of ketones is 1. The first-order chi connectivity index (χ1) is 22.0. The molecule has 5 heterocycles. The van der Waals surface area contributed by atoms with Crippen LogP contribution in [0.1, 0.15) is 77.6 Å². The van der Waals surface area contributed by atoms with Crippen LogP contribution >= 0.6 is 0 Å². The Balaban J connectivity index is 1.04. The van der Waals surface area contributed by atoms with Crippen molar-refractivity contribution in [2.45, 2.75) is 132 Å². The number of nitrogens with zero attached hydrogens (tertiary/aromatic N) is 3. The monoisotopic (exact) mass is 627 g/mol. The molecule has 0 aromatic carbocycles. The first kappa shape index (κ1) is 30.7. The average Bonchev–Trinajstić information content (AvgIpc) is 3.79. The number of rotatable bonds is 8. The molecule has 9 nitrogen and oxygen atoms in total. The molecule has 12 atom stereocenters. The van der Waals surface area contributed by atoms with Gasteiger partial charge < -0.3 is 29.9 Å². The molecule has 10 heteroatoms. The minimum Gasteiger partial charge on any atom is -0.374 e. The standard InChI is InChI=1S/C35H54FN5O4/c1-21-7-6-14-40(21)16-11-38-35(43)25-20-41-27-19-29-23(22-8-2-3-9-28(22)44-29)18-30(27)45-34-31(37-10-15-39-12-4-5-13-39)26(36)17-24(32(34)41)33(25)42/h20-24,26-32,34,37H,2-19H2,1H3,(H,38,43). The molecule has 7 fully saturated rings. The summed E-state index contributed by atoms with van der Waals surface area (Å²) in [5.74, 6) is -0.0574. The molecule has 0 aromatic heterocycles. The molecule has 8 aliphatic rings. The summed E-state index contributed by atoms with van der Waals surface area (Å²) in [6.07, 6.45) is 12.3. The van der Waals surface area contributed by atoms with Crippen LogP contribution in [0.3, 0.4) is 0 Å². The fourth-order valence-corrected chi connectivity index (χ4v) is 10.8. The van der Waals surface area contributed by atoms with Crippen LogP contribution in [0.5, 0.6) is 0 Å². The molecule has 2 N–H and O–H groups in total. The normalized spacial score (nSPS) is 44.6. The number of nitrogens with one attached hydrogen (secondary N) is 2. The van der Waals surface area contributed by atoms with Gasteiger partial charge >= 0.3 is 0 Å². The van der Waals surface area contributed by atoms with Gasteiger partial charge in [-0.3, -0.25) is 14.5 Å². The highest BCUT2D eigenvalue weighted by Gasteiger charge is 2.61. The molecule has 250 valence electrons. The molecule has 12 unspecified atom stereocenters. The molecule has 8 rings (SSSR count). The van der Waals surface area contributed by atoms with E-state index in [0.717, 1.165) is 52.0 Å². The van der Waals surface area contributed by atoms with E-state index < -0.39 is 24.2 Å². The smallest absolute Gasteiger partial charge is 0.256 e. The van der Waals surface area contributed by atoms with Crippen molar-refractivity contribution in [3.8, 4) is 0 Å².